The van der Waals surface area contributed by atoms with E-state index in [1.54, 1.807) is 13.8 Å². The van der Waals surface area contributed by atoms with Gasteiger partial charge in [-0.2, -0.15) is 0 Å². The van der Waals surface area contributed by atoms with Crippen LogP contribution in [0.3, 0.4) is 0 Å². The molecule has 0 aliphatic heterocycles. The van der Waals surface area contributed by atoms with Crippen LogP contribution >= 0.6 is 0 Å². The van der Waals surface area contributed by atoms with Crippen LogP contribution in [-0.4, -0.2) is 24.2 Å². The first kappa shape index (κ1) is 13.4. The minimum absolute atomic E-state index is 0.385. The Kier molecular flexibility index (Phi) is 4.37. The average molecular weight is 237 g/mol. The van der Waals surface area contributed by atoms with Gasteiger partial charge < -0.3 is 15.2 Å². The molecule has 0 atom stereocenters. The molecule has 1 rings (SSSR count). The molecule has 94 valence electrons. The molecule has 0 fully saturated rings. The van der Waals surface area contributed by atoms with Gasteiger partial charge in [-0.3, -0.25) is 4.79 Å². The van der Waals surface area contributed by atoms with Crippen LogP contribution in [0.4, 0.5) is 5.69 Å². The van der Waals surface area contributed by atoms with Crippen molar-refractivity contribution in [1.29, 1.82) is 0 Å². The molecule has 0 saturated heterocycles. The predicted molar refractivity (Wildman–Crippen MR) is 67.5 cm³/mol. The summed E-state index contributed by atoms with van der Waals surface area (Å²) in [6.07, 6.45) is 0. The second-order valence-electron chi connectivity index (χ2n) is 4.50. The fourth-order valence-electron chi connectivity index (χ4n) is 1.23. The lowest BCUT2D eigenvalue weighted by atomic mass is 9.94. The number of nitrogens with one attached hydrogen (secondary N) is 1. The second kappa shape index (κ2) is 5.57. The summed E-state index contributed by atoms with van der Waals surface area (Å²) in [5, 5.41) is 12.1. The summed E-state index contributed by atoms with van der Waals surface area (Å²) in [4.78, 5) is 10.9. The van der Waals surface area contributed by atoms with Crippen molar-refractivity contribution >= 4 is 11.7 Å². The number of hydrogen-bond acceptors (Lipinski definition) is 3. The molecule has 0 radical (unpaired) electrons. The van der Waals surface area contributed by atoms with Crippen molar-refractivity contribution in [1.82, 2.24) is 0 Å². The van der Waals surface area contributed by atoms with E-state index in [4.69, 9.17) is 9.84 Å². The van der Waals surface area contributed by atoms with Gasteiger partial charge in [-0.1, -0.05) is 0 Å². The third-order valence-electron chi connectivity index (χ3n) is 2.48. The first-order chi connectivity index (χ1) is 7.95. The SMILES string of the molecule is CCOc1ccc(NCC(C)(C)C(=O)O)cc1. The molecule has 0 amide bonds. The molecule has 0 saturated carbocycles. The zero-order chi connectivity index (χ0) is 12.9. The lowest BCUT2D eigenvalue weighted by molar-refractivity contribution is -0.146. The Morgan fingerprint density at radius 2 is 1.94 bits per heavy atom. The van der Waals surface area contributed by atoms with Gasteiger partial charge in [0.05, 0.1) is 12.0 Å². The molecule has 2 N–H and O–H groups in total. The van der Waals surface area contributed by atoms with Crippen molar-refractivity contribution in [2.75, 3.05) is 18.5 Å². The summed E-state index contributed by atoms with van der Waals surface area (Å²) in [7, 11) is 0. The molecule has 0 bridgehead atoms. The van der Waals surface area contributed by atoms with E-state index in [2.05, 4.69) is 5.32 Å². The Morgan fingerprint density at radius 3 is 2.41 bits per heavy atom. The minimum atomic E-state index is -0.809. The lowest BCUT2D eigenvalue weighted by Crippen LogP contribution is -2.31. The van der Waals surface area contributed by atoms with E-state index >= 15 is 0 Å². The van der Waals surface area contributed by atoms with Crippen LogP contribution in [0.5, 0.6) is 5.75 Å². The second-order valence-corrected chi connectivity index (χ2v) is 4.50. The van der Waals surface area contributed by atoms with Crippen molar-refractivity contribution < 1.29 is 14.6 Å². The van der Waals surface area contributed by atoms with Gasteiger partial charge in [-0.15, -0.1) is 0 Å². The van der Waals surface area contributed by atoms with Crippen LogP contribution in [0, 0.1) is 5.41 Å². The maximum atomic E-state index is 10.9. The number of benzene rings is 1. The topological polar surface area (TPSA) is 58.6 Å². The third kappa shape index (κ3) is 3.98. The van der Waals surface area contributed by atoms with Crippen molar-refractivity contribution in [3.63, 3.8) is 0 Å². The number of ether oxygens (including phenoxy) is 1. The maximum absolute atomic E-state index is 10.9. The van der Waals surface area contributed by atoms with Crippen molar-refractivity contribution in [2.24, 2.45) is 5.41 Å². The Hall–Kier alpha value is -1.71. The molecule has 0 aliphatic rings. The fourth-order valence-corrected chi connectivity index (χ4v) is 1.23. The van der Waals surface area contributed by atoms with Crippen LogP contribution in [0.15, 0.2) is 24.3 Å². The summed E-state index contributed by atoms with van der Waals surface area (Å²) in [6, 6.07) is 7.48. The molecule has 4 nitrogen and oxygen atoms in total. The molecule has 0 spiro atoms. The van der Waals surface area contributed by atoms with Gasteiger partial charge in [0.2, 0.25) is 0 Å². The first-order valence-corrected chi connectivity index (χ1v) is 5.66. The highest BCUT2D eigenvalue weighted by Crippen LogP contribution is 2.19. The number of anilines is 1. The third-order valence-corrected chi connectivity index (χ3v) is 2.48. The van der Waals surface area contributed by atoms with Gasteiger partial charge >= 0.3 is 5.97 Å². The molecule has 0 heterocycles. The van der Waals surface area contributed by atoms with Crippen LogP contribution in [0.2, 0.25) is 0 Å². The highest BCUT2D eigenvalue weighted by atomic mass is 16.5. The Labute approximate surface area is 102 Å². The molecular weight excluding hydrogens is 218 g/mol. The zero-order valence-electron chi connectivity index (χ0n) is 10.5. The van der Waals surface area contributed by atoms with Gasteiger partial charge in [0, 0.05) is 12.2 Å². The maximum Gasteiger partial charge on any atom is 0.310 e. The van der Waals surface area contributed by atoms with Gasteiger partial charge in [-0.05, 0) is 45.0 Å². The Bertz CT molecular complexity index is 371. The van der Waals surface area contributed by atoms with E-state index < -0.39 is 11.4 Å². The Morgan fingerprint density at radius 1 is 1.35 bits per heavy atom. The van der Waals surface area contributed by atoms with Crippen LogP contribution in [0.1, 0.15) is 20.8 Å². The largest absolute Gasteiger partial charge is 0.494 e. The van der Waals surface area contributed by atoms with Crippen LogP contribution in [-0.2, 0) is 4.79 Å². The van der Waals surface area contributed by atoms with E-state index in [0.29, 0.717) is 13.2 Å². The van der Waals surface area contributed by atoms with Crippen molar-refractivity contribution in [3.05, 3.63) is 24.3 Å². The van der Waals surface area contributed by atoms with Gasteiger partial charge in [0.1, 0.15) is 5.75 Å². The van der Waals surface area contributed by atoms with Crippen LogP contribution < -0.4 is 10.1 Å². The quantitative estimate of drug-likeness (QED) is 0.798. The average Bonchev–Trinajstić information content (AvgIpc) is 2.28. The van der Waals surface area contributed by atoms with Gasteiger partial charge in [0.15, 0.2) is 0 Å². The zero-order valence-corrected chi connectivity index (χ0v) is 10.5. The number of carbonyl (C=O) groups is 1. The van der Waals surface area contributed by atoms with Gasteiger partial charge in [0.25, 0.3) is 0 Å². The van der Waals surface area contributed by atoms with E-state index in [9.17, 15) is 4.79 Å². The molecular formula is C13H19NO3. The number of rotatable bonds is 6. The van der Waals surface area contributed by atoms with E-state index in [1.807, 2.05) is 31.2 Å². The summed E-state index contributed by atoms with van der Waals surface area (Å²) < 4.78 is 5.32. The number of aliphatic carboxylic acids is 1. The minimum Gasteiger partial charge on any atom is -0.494 e. The standard InChI is InChI=1S/C13H19NO3/c1-4-17-11-7-5-10(6-8-11)14-9-13(2,3)12(15)16/h5-8,14H,4,9H2,1-3H3,(H,15,16). The van der Waals surface area contributed by atoms with Gasteiger partial charge in [-0.25, -0.2) is 0 Å². The van der Waals surface area contributed by atoms with E-state index in [1.165, 1.54) is 0 Å². The number of hydrogen-bond donors (Lipinski definition) is 2. The van der Waals surface area contributed by atoms with Crippen molar-refractivity contribution in [2.45, 2.75) is 20.8 Å². The number of carboxylic acid groups (broad SMARTS) is 1. The molecule has 17 heavy (non-hydrogen) atoms. The van der Waals surface area contributed by atoms with Crippen LogP contribution in [0.25, 0.3) is 0 Å². The highest BCUT2D eigenvalue weighted by Gasteiger charge is 2.26. The highest BCUT2D eigenvalue weighted by molar-refractivity contribution is 5.74. The molecule has 0 unspecified atom stereocenters. The summed E-state index contributed by atoms with van der Waals surface area (Å²) in [5.74, 6) is 0.00600. The summed E-state index contributed by atoms with van der Waals surface area (Å²) in [5.41, 5.74) is 0.112. The molecule has 0 aromatic heterocycles. The number of carboxylic acids is 1. The summed E-state index contributed by atoms with van der Waals surface area (Å²) in [6.45, 7) is 6.34. The fraction of sp³-hybridized carbons (Fsp3) is 0.462. The molecule has 4 heteroatoms. The molecule has 1 aromatic carbocycles. The molecule has 1 aromatic rings. The Balaban J connectivity index is 2.55. The predicted octanol–water partition coefficient (Wildman–Crippen LogP) is 2.61. The normalized spacial score (nSPS) is 11.0. The van der Waals surface area contributed by atoms with Crippen molar-refractivity contribution in [3.8, 4) is 5.75 Å². The summed E-state index contributed by atoms with van der Waals surface area (Å²) >= 11 is 0. The smallest absolute Gasteiger partial charge is 0.310 e. The first-order valence-electron chi connectivity index (χ1n) is 5.66. The lowest BCUT2D eigenvalue weighted by Gasteiger charge is -2.20. The van der Waals surface area contributed by atoms with E-state index in [0.717, 1.165) is 11.4 Å². The monoisotopic (exact) mass is 237 g/mol. The van der Waals surface area contributed by atoms with E-state index in [-0.39, 0.29) is 0 Å². The molecule has 0 aliphatic carbocycles.